The van der Waals surface area contributed by atoms with Gasteiger partial charge in [0.2, 0.25) is 0 Å². The highest BCUT2D eigenvalue weighted by Gasteiger charge is 2.18. The van der Waals surface area contributed by atoms with Gasteiger partial charge in [0.25, 0.3) is 5.91 Å². The first kappa shape index (κ1) is 23.8. The molecule has 3 rings (SSSR count). The number of carbonyl (C=O) groups is 1. The Labute approximate surface area is 194 Å². The largest absolute Gasteiger partial charge is 0.492 e. The van der Waals surface area contributed by atoms with E-state index in [0.717, 1.165) is 25.0 Å². The molecule has 0 aliphatic carbocycles. The lowest BCUT2D eigenvalue weighted by atomic mass is 10.1. The van der Waals surface area contributed by atoms with Gasteiger partial charge in [0, 0.05) is 30.8 Å². The highest BCUT2D eigenvalue weighted by Crippen LogP contribution is 2.37. The van der Waals surface area contributed by atoms with Crippen LogP contribution in [0.3, 0.4) is 0 Å². The van der Waals surface area contributed by atoms with E-state index in [4.69, 9.17) is 26.4 Å². The number of hydrogen-bond acceptors (Lipinski definition) is 5. The maximum Gasteiger partial charge on any atom is 0.255 e. The Morgan fingerprint density at radius 3 is 2.38 bits per heavy atom. The fraction of sp³-hybridized carbons (Fsp3) is 0.417. The predicted octanol–water partition coefficient (Wildman–Crippen LogP) is 4.51. The van der Waals surface area contributed by atoms with Crippen molar-refractivity contribution in [3.05, 3.63) is 47.5 Å². The minimum absolute atomic E-state index is 0.180. The van der Waals surface area contributed by atoms with E-state index in [2.05, 4.69) is 16.0 Å². The van der Waals surface area contributed by atoms with Gasteiger partial charge in [-0.3, -0.25) is 4.79 Å². The van der Waals surface area contributed by atoms with Crippen LogP contribution in [-0.2, 0) is 4.74 Å². The van der Waals surface area contributed by atoms with Crippen molar-refractivity contribution in [2.24, 2.45) is 0 Å². The number of ether oxygens (including phenoxy) is 3. The Kier molecular flexibility index (Phi) is 8.70. The minimum atomic E-state index is -0.216. The van der Waals surface area contributed by atoms with Crippen LogP contribution in [0.5, 0.6) is 11.5 Å². The molecule has 1 atom stereocenters. The molecule has 32 heavy (non-hydrogen) atoms. The first-order chi connectivity index (χ1) is 15.5. The molecule has 2 aromatic rings. The number of nitrogens with one attached hydrogen (secondary N) is 3. The number of thiocarbonyl (C=S) groups is 1. The molecule has 7 nitrogen and oxygen atoms in total. The van der Waals surface area contributed by atoms with E-state index in [1.165, 1.54) is 0 Å². The van der Waals surface area contributed by atoms with Gasteiger partial charge in [0.15, 0.2) is 5.11 Å². The highest BCUT2D eigenvalue weighted by atomic mass is 32.1. The van der Waals surface area contributed by atoms with Gasteiger partial charge in [-0.1, -0.05) is 17.7 Å². The standard InChI is InChI=1S/C24H31N3O4S/c1-4-29-21-14-20(27-24(32)25-15-18-10-7-11-31-18)22(30-5-2)13-19(21)26-23(28)17-9-6-8-16(3)12-17/h6,8-9,12-14,18H,4-5,7,10-11,15H2,1-3H3,(H,26,28)(H2,25,27,32)/t18-/m1/s1. The lowest BCUT2D eigenvalue weighted by Crippen LogP contribution is -2.34. The molecule has 0 unspecified atom stereocenters. The maximum atomic E-state index is 12.8. The number of rotatable bonds is 9. The first-order valence-electron chi connectivity index (χ1n) is 11.0. The van der Waals surface area contributed by atoms with E-state index >= 15 is 0 Å². The van der Waals surface area contributed by atoms with Gasteiger partial charge in [-0.15, -0.1) is 0 Å². The summed E-state index contributed by atoms with van der Waals surface area (Å²) in [5.74, 6) is 0.879. The zero-order valence-electron chi connectivity index (χ0n) is 18.8. The van der Waals surface area contributed by atoms with Gasteiger partial charge < -0.3 is 30.2 Å². The SMILES string of the molecule is CCOc1cc(NC(=S)NC[C@H]2CCCO2)c(OCC)cc1NC(=O)c1cccc(C)c1. The van der Waals surface area contributed by atoms with Crippen LogP contribution in [0.2, 0.25) is 0 Å². The maximum absolute atomic E-state index is 12.8. The Balaban J connectivity index is 1.79. The summed E-state index contributed by atoms with van der Waals surface area (Å²) in [7, 11) is 0. The lowest BCUT2D eigenvalue weighted by Gasteiger charge is -2.19. The molecule has 1 fully saturated rings. The molecule has 1 saturated heterocycles. The van der Waals surface area contributed by atoms with Gasteiger partial charge >= 0.3 is 0 Å². The average Bonchev–Trinajstić information content (AvgIpc) is 3.29. The Hall–Kier alpha value is -2.84. The van der Waals surface area contributed by atoms with Crippen molar-refractivity contribution in [1.29, 1.82) is 0 Å². The number of amides is 1. The van der Waals surface area contributed by atoms with Crippen molar-refractivity contribution < 1.29 is 19.0 Å². The van der Waals surface area contributed by atoms with E-state index in [1.54, 1.807) is 18.2 Å². The third kappa shape index (κ3) is 6.58. The van der Waals surface area contributed by atoms with Crippen LogP contribution >= 0.6 is 12.2 Å². The van der Waals surface area contributed by atoms with Gasteiger partial charge in [-0.25, -0.2) is 0 Å². The van der Waals surface area contributed by atoms with E-state index < -0.39 is 0 Å². The molecular formula is C24H31N3O4S. The summed E-state index contributed by atoms with van der Waals surface area (Å²) < 4.78 is 17.2. The molecular weight excluding hydrogens is 426 g/mol. The van der Waals surface area contributed by atoms with Crippen molar-refractivity contribution in [1.82, 2.24) is 5.32 Å². The molecule has 1 heterocycles. The van der Waals surface area contributed by atoms with Crippen LogP contribution in [-0.4, -0.2) is 43.5 Å². The first-order valence-corrected chi connectivity index (χ1v) is 11.4. The lowest BCUT2D eigenvalue weighted by molar-refractivity contribution is 0.102. The summed E-state index contributed by atoms with van der Waals surface area (Å²) in [6.45, 7) is 8.11. The van der Waals surface area contributed by atoms with Crippen molar-refractivity contribution in [3.63, 3.8) is 0 Å². The van der Waals surface area contributed by atoms with Crippen LogP contribution in [0.4, 0.5) is 11.4 Å². The topological polar surface area (TPSA) is 80.8 Å². The monoisotopic (exact) mass is 457 g/mol. The van der Waals surface area contributed by atoms with Crippen LogP contribution in [0, 0.1) is 6.92 Å². The molecule has 3 N–H and O–H groups in total. The second kappa shape index (κ2) is 11.7. The zero-order valence-corrected chi connectivity index (χ0v) is 19.6. The predicted molar refractivity (Wildman–Crippen MR) is 131 cm³/mol. The third-order valence-corrected chi connectivity index (χ3v) is 5.22. The normalized spacial score (nSPS) is 15.2. The quantitative estimate of drug-likeness (QED) is 0.478. The summed E-state index contributed by atoms with van der Waals surface area (Å²) in [5.41, 5.74) is 2.78. The molecule has 0 aromatic heterocycles. The fourth-order valence-electron chi connectivity index (χ4n) is 3.46. The molecule has 1 aliphatic heterocycles. The van der Waals surface area contributed by atoms with Crippen LogP contribution in [0.15, 0.2) is 36.4 Å². The number of hydrogen-bond donors (Lipinski definition) is 3. The van der Waals surface area contributed by atoms with Gasteiger partial charge in [-0.05, 0) is 58.0 Å². The summed E-state index contributed by atoms with van der Waals surface area (Å²) in [6, 6.07) is 11.0. The molecule has 1 aliphatic rings. The van der Waals surface area contributed by atoms with E-state index in [1.807, 2.05) is 39.0 Å². The molecule has 172 valence electrons. The average molecular weight is 458 g/mol. The summed E-state index contributed by atoms with van der Waals surface area (Å²) in [6.07, 6.45) is 2.29. The van der Waals surface area contributed by atoms with Crippen molar-refractivity contribution in [2.45, 2.75) is 39.7 Å². The minimum Gasteiger partial charge on any atom is -0.492 e. The van der Waals surface area contributed by atoms with Crippen molar-refractivity contribution in [3.8, 4) is 11.5 Å². The second-order valence-electron chi connectivity index (χ2n) is 7.50. The molecule has 1 amide bonds. The van der Waals surface area contributed by atoms with Gasteiger partial charge in [0.1, 0.15) is 11.5 Å². The van der Waals surface area contributed by atoms with Crippen LogP contribution in [0.25, 0.3) is 0 Å². The molecule has 0 radical (unpaired) electrons. The van der Waals surface area contributed by atoms with Gasteiger partial charge in [-0.2, -0.15) is 0 Å². The molecule has 2 aromatic carbocycles. The van der Waals surface area contributed by atoms with E-state index in [-0.39, 0.29) is 12.0 Å². The van der Waals surface area contributed by atoms with E-state index in [0.29, 0.717) is 53.3 Å². The van der Waals surface area contributed by atoms with Gasteiger partial charge in [0.05, 0.1) is 30.7 Å². The molecule has 8 heteroatoms. The second-order valence-corrected chi connectivity index (χ2v) is 7.91. The van der Waals surface area contributed by atoms with Crippen LogP contribution < -0.4 is 25.4 Å². The highest BCUT2D eigenvalue weighted by molar-refractivity contribution is 7.80. The Bertz CT molecular complexity index is 945. The smallest absolute Gasteiger partial charge is 0.255 e. The molecule has 0 bridgehead atoms. The summed E-state index contributed by atoms with van der Waals surface area (Å²) >= 11 is 5.46. The number of carbonyl (C=O) groups excluding carboxylic acids is 1. The van der Waals surface area contributed by atoms with E-state index in [9.17, 15) is 4.79 Å². The third-order valence-electron chi connectivity index (χ3n) is 4.97. The van der Waals surface area contributed by atoms with Crippen LogP contribution in [0.1, 0.15) is 42.6 Å². The molecule has 0 saturated carbocycles. The number of anilines is 2. The molecule has 0 spiro atoms. The fourth-order valence-corrected chi connectivity index (χ4v) is 3.66. The zero-order chi connectivity index (χ0) is 22.9. The Morgan fingerprint density at radius 1 is 1.09 bits per heavy atom. The van der Waals surface area contributed by atoms with Crippen molar-refractivity contribution >= 4 is 34.6 Å². The summed E-state index contributed by atoms with van der Waals surface area (Å²) in [4.78, 5) is 12.8. The Morgan fingerprint density at radius 2 is 1.78 bits per heavy atom. The summed E-state index contributed by atoms with van der Waals surface area (Å²) in [5, 5.41) is 9.80. The number of benzene rings is 2. The van der Waals surface area contributed by atoms with Crippen molar-refractivity contribution in [2.75, 3.05) is 37.0 Å². The number of aryl methyl sites for hydroxylation is 1.